The molecule has 0 saturated carbocycles. The fraction of sp³-hybridized carbons (Fsp3) is 0.529. The van der Waals surface area contributed by atoms with E-state index in [1.54, 1.807) is 24.9 Å². The molecule has 1 amide bonds. The van der Waals surface area contributed by atoms with Crippen molar-refractivity contribution in [2.75, 3.05) is 46.4 Å². The van der Waals surface area contributed by atoms with Crippen molar-refractivity contribution in [3.05, 3.63) is 35.4 Å². The third kappa shape index (κ3) is 5.04. The second-order valence-corrected chi connectivity index (χ2v) is 5.61. The van der Waals surface area contributed by atoms with Gasteiger partial charge in [-0.25, -0.2) is 13.6 Å². The predicted octanol–water partition coefficient (Wildman–Crippen LogP) is 1.86. The number of carbonyl (C=O) groups is 1. The Balaban J connectivity index is 1.81. The molecule has 1 aliphatic rings. The second kappa shape index (κ2) is 9.19. The first-order valence-corrected chi connectivity index (χ1v) is 8.37. The Bertz CT molecular complexity index is 617. The molecule has 0 atom stereocenters. The zero-order valence-corrected chi connectivity index (χ0v) is 14.6. The molecular weight excluding hydrogens is 330 g/mol. The molecule has 0 spiro atoms. The van der Waals surface area contributed by atoms with Crippen LogP contribution in [0.2, 0.25) is 0 Å². The number of rotatable bonds is 4. The van der Waals surface area contributed by atoms with Gasteiger partial charge in [0.2, 0.25) is 0 Å². The van der Waals surface area contributed by atoms with Crippen LogP contribution in [0.5, 0.6) is 0 Å². The summed E-state index contributed by atoms with van der Waals surface area (Å²) in [6.45, 7) is 4.95. The zero-order chi connectivity index (χ0) is 18.2. The molecule has 1 aromatic carbocycles. The third-order valence-electron chi connectivity index (χ3n) is 4.03. The number of nitrogens with zero attached hydrogens (tertiary/aromatic N) is 3. The van der Waals surface area contributed by atoms with Crippen LogP contribution in [0.15, 0.2) is 23.2 Å². The van der Waals surface area contributed by atoms with Gasteiger partial charge < -0.3 is 19.9 Å². The van der Waals surface area contributed by atoms with E-state index < -0.39 is 11.6 Å². The van der Waals surface area contributed by atoms with Crippen LogP contribution in [0.25, 0.3) is 0 Å². The van der Waals surface area contributed by atoms with E-state index in [9.17, 15) is 13.6 Å². The van der Waals surface area contributed by atoms with Crippen LogP contribution in [0.1, 0.15) is 12.5 Å². The van der Waals surface area contributed by atoms with Crippen LogP contribution in [0.4, 0.5) is 13.6 Å². The van der Waals surface area contributed by atoms with E-state index in [4.69, 9.17) is 4.74 Å². The molecule has 0 unspecified atom stereocenters. The molecule has 138 valence electrons. The standard InChI is InChI=1S/C17H24F2N4O2/c1-3-25-17(24)23-11-9-22(10-12-23)16(20-2)21-8-7-13-5-4-6-14(18)15(13)19/h4-6H,3,7-12H2,1-2H3,(H,20,21). The molecule has 0 bridgehead atoms. The van der Waals surface area contributed by atoms with Crippen molar-refractivity contribution in [2.24, 2.45) is 4.99 Å². The van der Waals surface area contributed by atoms with Crippen molar-refractivity contribution in [1.82, 2.24) is 15.1 Å². The molecule has 1 N–H and O–H groups in total. The number of carbonyl (C=O) groups excluding carboxylic acids is 1. The molecule has 8 heteroatoms. The van der Waals surface area contributed by atoms with Crippen molar-refractivity contribution >= 4 is 12.1 Å². The summed E-state index contributed by atoms with van der Waals surface area (Å²) in [4.78, 5) is 19.6. The van der Waals surface area contributed by atoms with Crippen LogP contribution in [0.3, 0.4) is 0 Å². The monoisotopic (exact) mass is 354 g/mol. The van der Waals surface area contributed by atoms with E-state index >= 15 is 0 Å². The number of guanidine groups is 1. The molecule has 25 heavy (non-hydrogen) atoms. The molecule has 1 aliphatic heterocycles. The van der Waals surface area contributed by atoms with Crippen LogP contribution in [0, 0.1) is 11.6 Å². The highest BCUT2D eigenvalue weighted by molar-refractivity contribution is 5.80. The molecule has 1 heterocycles. The lowest BCUT2D eigenvalue weighted by Crippen LogP contribution is -2.54. The van der Waals surface area contributed by atoms with Crippen LogP contribution >= 0.6 is 0 Å². The van der Waals surface area contributed by atoms with Crippen molar-refractivity contribution in [3.63, 3.8) is 0 Å². The van der Waals surface area contributed by atoms with Crippen molar-refractivity contribution in [2.45, 2.75) is 13.3 Å². The predicted molar refractivity (Wildman–Crippen MR) is 91.6 cm³/mol. The SMILES string of the molecule is CCOC(=O)N1CCN(C(=NC)NCCc2cccc(F)c2F)CC1. The number of nitrogens with one attached hydrogen (secondary N) is 1. The van der Waals surface area contributed by atoms with Gasteiger partial charge >= 0.3 is 6.09 Å². The van der Waals surface area contributed by atoms with Crippen molar-refractivity contribution < 1.29 is 18.3 Å². The normalized spacial score (nSPS) is 15.3. The van der Waals surface area contributed by atoms with E-state index in [-0.39, 0.29) is 6.09 Å². The summed E-state index contributed by atoms with van der Waals surface area (Å²) < 4.78 is 31.9. The Morgan fingerprint density at radius 2 is 1.92 bits per heavy atom. The maximum atomic E-state index is 13.7. The number of benzene rings is 1. The summed E-state index contributed by atoms with van der Waals surface area (Å²) in [7, 11) is 1.67. The van der Waals surface area contributed by atoms with E-state index in [1.165, 1.54) is 6.07 Å². The highest BCUT2D eigenvalue weighted by Crippen LogP contribution is 2.11. The number of amides is 1. The fourth-order valence-electron chi connectivity index (χ4n) is 2.70. The molecule has 1 saturated heterocycles. The van der Waals surface area contributed by atoms with E-state index in [2.05, 4.69) is 10.3 Å². The Hall–Kier alpha value is -2.38. The Kier molecular flexibility index (Phi) is 6.97. The topological polar surface area (TPSA) is 57.2 Å². The highest BCUT2D eigenvalue weighted by atomic mass is 19.2. The van der Waals surface area contributed by atoms with Gasteiger partial charge in [-0.2, -0.15) is 0 Å². The lowest BCUT2D eigenvalue weighted by Gasteiger charge is -2.35. The molecule has 0 radical (unpaired) electrons. The van der Waals surface area contributed by atoms with E-state index in [0.717, 1.165) is 6.07 Å². The van der Waals surface area contributed by atoms with Gasteiger partial charge in [-0.3, -0.25) is 4.99 Å². The van der Waals surface area contributed by atoms with Crippen LogP contribution < -0.4 is 5.32 Å². The molecule has 6 nitrogen and oxygen atoms in total. The van der Waals surface area contributed by atoms with Crippen molar-refractivity contribution in [1.29, 1.82) is 0 Å². The van der Waals surface area contributed by atoms with Gasteiger partial charge in [0, 0.05) is 39.8 Å². The summed E-state index contributed by atoms with van der Waals surface area (Å²) >= 11 is 0. The summed E-state index contributed by atoms with van der Waals surface area (Å²) in [6, 6.07) is 4.17. The molecule has 1 fully saturated rings. The molecule has 0 aromatic heterocycles. The maximum Gasteiger partial charge on any atom is 0.409 e. The average Bonchev–Trinajstić information content (AvgIpc) is 2.62. The molecule has 2 rings (SSSR count). The zero-order valence-electron chi connectivity index (χ0n) is 14.6. The van der Waals surface area contributed by atoms with Gasteiger partial charge in [-0.05, 0) is 25.0 Å². The number of aliphatic imine (C=N–C) groups is 1. The Morgan fingerprint density at radius 1 is 1.24 bits per heavy atom. The first-order chi connectivity index (χ1) is 12.1. The molecule has 1 aromatic rings. The first kappa shape index (κ1) is 19.0. The fourth-order valence-corrected chi connectivity index (χ4v) is 2.70. The number of halogens is 2. The Morgan fingerprint density at radius 3 is 2.56 bits per heavy atom. The van der Waals surface area contributed by atoms with Crippen LogP contribution in [-0.4, -0.2) is 68.2 Å². The van der Waals surface area contributed by atoms with Gasteiger partial charge in [0.15, 0.2) is 17.6 Å². The van der Waals surface area contributed by atoms with E-state index in [0.29, 0.717) is 57.3 Å². The molecule has 0 aliphatic carbocycles. The smallest absolute Gasteiger partial charge is 0.409 e. The summed E-state index contributed by atoms with van der Waals surface area (Å²) in [5.74, 6) is -0.959. The van der Waals surface area contributed by atoms with Gasteiger partial charge in [0.25, 0.3) is 0 Å². The quantitative estimate of drug-likeness (QED) is 0.662. The lowest BCUT2D eigenvalue weighted by molar-refractivity contribution is 0.0915. The second-order valence-electron chi connectivity index (χ2n) is 5.61. The summed E-state index contributed by atoms with van der Waals surface area (Å²) in [5, 5.41) is 3.16. The third-order valence-corrected chi connectivity index (χ3v) is 4.03. The average molecular weight is 354 g/mol. The summed E-state index contributed by atoms with van der Waals surface area (Å²) in [5.41, 5.74) is 0.329. The van der Waals surface area contributed by atoms with Crippen LogP contribution in [-0.2, 0) is 11.2 Å². The maximum absolute atomic E-state index is 13.7. The summed E-state index contributed by atoms with van der Waals surface area (Å²) in [6.07, 6.45) is 0.0532. The number of ether oxygens (including phenoxy) is 1. The number of hydrogen-bond donors (Lipinski definition) is 1. The minimum atomic E-state index is -0.836. The van der Waals surface area contributed by atoms with Gasteiger partial charge in [-0.1, -0.05) is 12.1 Å². The lowest BCUT2D eigenvalue weighted by atomic mass is 10.1. The Labute approximate surface area is 146 Å². The van der Waals surface area contributed by atoms with Crippen molar-refractivity contribution in [3.8, 4) is 0 Å². The minimum absolute atomic E-state index is 0.299. The minimum Gasteiger partial charge on any atom is -0.450 e. The number of piperazine rings is 1. The molecular formula is C17H24F2N4O2. The van der Waals surface area contributed by atoms with E-state index in [1.807, 2.05) is 4.90 Å². The van der Waals surface area contributed by atoms with Gasteiger partial charge in [0.05, 0.1) is 6.61 Å². The van der Waals surface area contributed by atoms with Gasteiger partial charge in [-0.15, -0.1) is 0 Å². The highest BCUT2D eigenvalue weighted by Gasteiger charge is 2.23. The largest absolute Gasteiger partial charge is 0.450 e. The number of hydrogen-bond acceptors (Lipinski definition) is 3. The first-order valence-electron chi connectivity index (χ1n) is 8.37. The van der Waals surface area contributed by atoms with Gasteiger partial charge in [0.1, 0.15) is 0 Å².